The van der Waals surface area contributed by atoms with Crippen molar-refractivity contribution in [2.45, 2.75) is 20.8 Å². The molecule has 1 aromatic carbocycles. The summed E-state index contributed by atoms with van der Waals surface area (Å²) in [4.78, 5) is 24.7. The number of carbonyl (C=O) groups is 1. The number of aromatic amines is 1. The lowest BCUT2D eigenvalue weighted by Crippen LogP contribution is -2.19. The Balaban J connectivity index is 1.94. The van der Waals surface area contributed by atoms with Gasteiger partial charge in [0.25, 0.3) is 5.56 Å². The normalized spacial score (nSPS) is 11.5. The molecule has 0 saturated carbocycles. The molecule has 0 aliphatic carbocycles. The molecule has 164 valence electrons. The van der Waals surface area contributed by atoms with Gasteiger partial charge in [0, 0.05) is 7.05 Å². The first-order valence-electron chi connectivity index (χ1n) is 9.60. The van der Waals surface area contributed by atoms with Gasteiger partial charge >= 0.3 is 5.97 Å². The molecule has 0 aliphatic rings. The van der Waals surface area contributed by atoms with Crippen molar-refractivity contribution in [2.24, 2.45) is 22.4 Å². The molecule has 0 radical (unpaired) electrons. The van der Waals surface area contributed by atoms with Gasteiger partial charge in [-0.15, -0.1) is 10.2 Å². The van der Waals surface area contributed by atoms with Crippen molar-refractivity contribution >= 4 is 28.9 Å². The number of hydrazone groups is 1. The molecule has 3 aromatic rings. The SMILES string of the molecule is CCOC(=O)/C(C#N)=N/Nc1n[nH]c(C)c1N=Nc1c(C)n(C)n(-c2ccccc2)c1=O. The molecule has 0 saturated heterocycles. The van der Waals surface area contributed by atoms with Crippen LogP contribution in [0, 0.1) is 25.2 Å². The monoisotopic (exact) mass is 435 g/mol. The van der Waals surface area contributed by atoms with Crippen LogP contribution >= 0.6 is 0 Å². The van der Waals surface area contributed by atoms with E-state index in [1.54, 1.807) is 38.6 Å². The van der Waals surface area contributed by atoms with Gasteiger partial charge in [0.05, 0.1) is 23.7 Å². The predicted molar refractivity (Wildman–Crippen MR) is 117 cm³/mol. The number of nitrogens with one attached hydrogen (secondary N) is 2. The summed E-state index contributed by atoms with van der Waals surface area (Å²) in [5, 5.41) is 27.9. The largest absolute Gasteiger partial charge is 0.461 e. The van der Waals surface area contributed by atoms with Crippen LogP contribution in [0.15, 0.2) is 50.5 Å². The number of azo groups is 1. The van der Waals surface area contributed by atoms with Gasteiger partial charge in [-0.2, -0.15) is 15.5 Å². The topological polar surface area (TPSA) is 155 Å². The van der Waals surface area contributed by atoms with Crippen molar-refractivity contribution in [1.29, 1.82) is 5.26 Å². The lowest BCUT2D eigenvalue weighted by atomic mass is 10.3. The molecule has 12 heteroatoms. The second-order valence-corrected chi connectivity index (χ2v) is 6.56. The maximum atomic E-state index is 13.0. The molecule has 0 aliphatic heterocycles. The number of ether oxygens (including phenoxy) is 1. The highest BCUT2D eigenvalue weighted by molar-refractivity contribution is 6.43. The third-order valence-electron chi connectivity index (χ3n) is 4.54. The first-order chi connectivity index (χ1) is 15.4. The molecule has 2 aromatic heterocycles. The standard InChI is InChI=1S/C20H21N9O3/c1-5-32-20(31)15(11-21)23-27-18-16(12(2)22-26-18)24-25-17-13(3)28(4)29(19(17)30)14-9-7-6-8-10-14/h6-10H,5H2,1-4H3,(H2,22,26,27)/b23-15+,25-24?. The highest BCUT2D eigenvalue weighted by atomic mass is 16.5. The fourth-order valence-corrected chi connectivity index (χ4v) is 2.82. The van der Waals surface area contributed by atoms with Gasteiger partial charge in [-0.05, 0) is 32.9 Å². The first-order valence-corrected chi connectivity index (χ1v) is 9.60. The van der Waals surface area contributed by atoms with Crippen LogP contribution in [0.25, 0.3) is 5.69 Å². The summed E-state index contributed by atoms with van der Waals surface area (Å²) >= 11 is 0. The van der Waals surface area contributed by atoms with Gasteiger partial charge in [0.2, 0.25) is 5.71 Å². The van der Waals surface area contributed by atoms with Crippen LogP contribution < -0.4 is 11.0 Å². The van der Waals surface area contributed by atoms with Crippen molar-refractivity contribution in [3.05, 3.63) is 52.1 Å². The van der Waals surface area contributed by atoms with E-state index in [-0.39, 0.29) is 29.4 Å². The van der Waals surface area contributed by atoms with Gasteiger partial charge in [-0.25, -0.2) is 9.48 Å². The number of hydrogen-bond acceptors (Lipinski definition) is 9. The van der Waals surface area contributed by atoms with Crippen molar-refractivity contribution in [2.75, 3.05) is 12.0 Å². The van der Waals surface area contributed by atoms with E-state index in [0.717, 1.165) is 0 Å². The fourth-order valence-electron chi connectivity index (χ4n) is 2.82. The highest BCUT2D eigenvalue weighted by Crippen LogP contribution is 2.28. The van der Waals surface area contributed by atoms with Crippen molar-refractivity contribution in [1.82, 2.24) is 19.6 Å². The smallest absolute Gasteiger partial charge is 0.369 e. The van der Waals surface area contributed by atoms with Crippen LogP contribution in [0.3, 0.4) is 0 Å². The minimum atomic E-state index is -0.862. The Morgan fingerprint density at radius 3 is 2.59 bits per heavy atom. The van der Waals surface area contributed by atoms with Crippen LogP contribution in [0.1, 0.15) is 18.3 Å². The summed E-state index contributed by atoms with van der Waals surface area (Å²) in [6, 6.07) is 10.8. The molecular formula is C20H21N9O3. The summed E-state index contributed by atoms with van der Waals surface area (Å²) in [7, 11) is 1.76. The van der Waals surface area contributed by atoms with Crippen LogP contribution in [0.5, 0.6) is 0 Å². The Labute approximate surface area is 182 Å². The Morgan fingerprint density at radius 2 is 1.94 bits per heavy atom. The maximum absolute atomic E-state index is 13.0. The average Bonchev–Trinajstić information content (AvgIpc) is 3.24. The number of nitriles is 1. The number of H-pyrrole nitrogens is 1. The van der Waals surface area contributed by atoms with Crippen LogP contribution in [0.4, 0.5) is 17.2 Å². The number of para-hydroxylation sites is 1. The van der Waals surface area contributed by atoms with E-state index in [9.17, 15) is 9.59 Å². The van der Waals surface area contributed by atoms with Gasteiger partial charge in [0.15, 0.2) is 17.2 Å². The molecule has 12 nitrogen and oxygen atoms in total. The molecule has 2 N–H and O–H groups in total. The lowest BCUT2D eigenvalue weighted by Gasteiger charge is -2.07. The Bertz CT molecular complexity index is 1290. The summed E-state index contributed by atoms with van der Waals surface area (Å²) < 4.78 is 7.94. The number of esters is 1. The number of hydrogen-bond donors (Lipinski definition) is 2. The summed E-state index contributed by atoms with van der Waals surface area (Å²) in [5.74, 6) is -0.737. The van der Waals surface area contributed by atoms with Gasteiger partial charge in [0.1, 0.15) is 6.07 Å². The van der Waals surface area contributed by atoms with E-state index in [1.165, 1.54) is 4.68 Å². The highest BCUT2D eigenvalue weighted by Gasteiger charge is 2.18. The third-order valence-corrected chi connectivity index (χ3v) is 4.54. The van der Waals surface area contributed by atoms with E-state index in [1.807, 2.05) is 30.3 Å². The molecule has 0 spiro atoms. The average molecular weight is 435 g/mol. The van der Waals surface area contributed by atoms with E-state index in [2.05, 4.69) is 31.0 Å². The molecule has 0 bridgehead atoms. The quantitative estimate of drug-likeness (QED) is 0.252. The minimum absolute atomic E-state index is 0.109. The first kappa shape index (κ1) is 22.2. The predicted octanol–water partition coefficient (Wildman–Crippen LogP) is 2.79. The van der Waals surface area contributed by atoms with Gasteiger partial charge in [-0.1, -0.05) is 18.2 Å². The number of rotatable bonds is 7. The van der Waals surface area contributed by atoms with E-state index in [4.69, 9.17) is 10.00 Å². The van der Waals surface area contributed by atoms with Crippen LogP contribution in [-0.4, -0.2) is 37.8 Å². The molecule has 0 fully saturated rings. The lowest BCUT2D eigenvalue weighted by molar-refractivity contribution is -0.134. The molecule has 0 unspecified atom stereocenters. The second-order valence-electron chi connectivity index (χ2n) is 6.56. The van der Waals surface area contributed by atoms with Crippen molar-refractivity contribution in [3.63, 3.8) is 0 Å². The maximum Gasteiger partial charge on any atom is 0.369 e. The molecule has 0 amide bonds. The van der Waals surface area contributed by atoms with E-state index >= 15 is 0 Å². The molecule has 0 atom stereocenters. The Morgan fingerprint density at radius 1 is 1.25 bits per heavy atom. The number of aromatic nitrogens is 4. The number of benzene rings is 1. The second kappa shape index (κ2) is 9.52. The van der Waals surface area contributed by atoms with Crippen molar-refractivity contribution < 1.29 is 9.53 Å². The van der Waals surface area contributed by atoms with Crippen LogP contribution in [0.2, 0.25) is 0 Å². The number of anilines is 1. The number of aryl methyl sites for hydroxylation is 1. The molecular weight excluding hydrogens is 414 g/mol. The Kier molecular flexibility index (Phi) is 6.59. The third kappa shape index (κ3) is 4.31. The molecule has 32 heavy (non-hydrogen) atoms. The van der Waals surface area contributed by atoms with E-state index in [0.29, 0.717) is 17.1 Å². The van der Waals surface area contributed by atoms with Crippen LogP contribution in [-0.2, 0) is 16.6 Å². The zero-order valence-electron chi connectivity index (χ0n) is 17.9. The summed E-state index contributed by atoms with van der Waals surface area (Å²) in [5.41, 5.74) is 3.99. The summed E-state index contributed by atoms with van der Waals surface area (Å²) in [6.45, 7) is 5.19. The van der Waals surface area contributed by atoms with Gasteiger partial charge < -0.3 is 4.74 Å². The van der Waals surface area contributed by atoms with Gasteiger partial charge in [-0.3, -0.25) is 20.0 Å². The zero-order valence-corrected chi connectivity index (χ0v) is 17.9. The molecule has 2 heterocycles. The summed E-state index contributed by atoms with van der Waals surface area (Å²) in [6.07, 6.45) is 0. The molecule has 3 rings (SSSR count). The zero-order chi connectivity index (χ0) is 23.3. The van der Waals surface area contributed by atoms with Crippen molar-refractivity contribution in [3.8, 4) is 11.8 Å². The number of carbonyl (C=O) groups excluding carboxylic acids is 1. The minimum Gasteiger partial charge on any atom is -0.461 e. The Hall–Kier alpha value is -4.53. The van der Waals surface area contributed by atoms with E-state index < -0.39 is 11.7 Å². The number of nitrogens with zero attached hydrogens (tertiary/aromatic N) is 7. The fraction of sp³-hybridized carbons (Fsp3) is 0.250.